The highest BCUT2D eigenvalue weighted by atomic mass is 16.5. The number of methoxy groups -OCH3 is 1. The first-order chi connectivity index (χ1) is 11.6. The number of hydrogen-bond donors (Lipinski definition) is 1. The predicted octanol–water partition coefficient (Wildman–Crippen LogP) is 2.17. The summed E-state index contributed by atoms with van der Waals surface area (Å²) < 4.78 is 5.11. The van der Waals surface area contributed by atoms with Crippen LogP contribution in [0.1, 0.15) is 23.6 Å². The highest BCUT2D eigenvalue weighted by molar-refractivity contribution is 6.01. The number of para-hydroxylation sites is 1. The molecule has 0 saturated carbocycles. The lowest BCUT2D eigenvalue weighted by molar-refractivity contribution is -0.134. The van der Waals surface area contributed by atoms with Crippen LogP contribution in [-0.2, 0) is 16.1 Å². The summed E-state index contributed by atoms with van der Waals surface area (Å²) >= 11 is 0. The zero-order chi connectivity index (χ0) is 17.1. The van der Waals surface area contributed by atoms with Crippen LogP contribution in [0, 0.1) is 0 Å². The van der Waals surface area contributed by atoms with E-state index in [9.17, 15) is 9.59 Å². The molecule has 1 aromatic heterocycles. The maximum atomic E-state index is 12.9. The standard InChI is InChI=1S/C18H19N3O3/c1-21(11-12-6-5-9-17(19-12)24-2)18(23)14-10-16(22)20-15-8-4-3-7-13(14)15/h3-9,14H,10-11H2,1-2H3,(H,20,22). The Labute approximate surface area is 140 Å². The van der Waals surface area contributed by atoms with E-state index in [2.05, 4.69) is 10.3 Å². The lowest BCUT2D eigenvalue weighted by atomic mass is 9.89. The summed E-state index contributed by atoms with van der Waals surface area (Å²) in [7, 11) is 3.27. The Morgan fingerprint density at radius 1 is 1.29 bits per heavy atom. The van der Waals surface area contributed by atoms with Gasteiger partial charge in [-0.15, -0.1) is 0 Å². The van der Waals surface area contributed by atoms with E-state index in [4.69, 9.17) is 4.74 Å². The van der Waals surface area contributed by atoms with Crippen molar-refractivity contribution in [3.8, 4) is 5.88 Å². The number of aromatic nitrogens is 1. The molecule has 0 bridgehead atoms. The van der Waals surface area contributed by atoms with Crippen LogP contribution >= 0.6 is 0 Å². The molecule has 0 saturated heterocycles. The summed E-state index contributed by atoms with van der Waals surface area (Å²) in [5.74, 6) is -0.192. The van der Waals surface area contributed by atoms with Gasteiger partial charge < -0.3 is 15.0 Å². The first-order valence-electron chi connectivity index (χ1n) is 7.72. The van der Waals surface area contributed by atoms with Crippen molar-refractivity contribution in [1.29, 1.82) is 0 Å². The fourth-order valence-electron chi connectivity index (χ4n) is 2.88. The van der Waals surface area contributed by atoms with E-state index >= 15 is 0 Å². The van der Waals surface area contributed by atoms with Gasteiger partial charge in [-0.1, -0.05) is 24.3 Å². The molecule has 0 spiro atoms. The fourth-order valence-corrected chi connectivity index (χ4v) is 2.88. The summed E-state index contributed by atoms with van der Waals surface area (Å²) in [5.41, 5.74) is 2.30. The molecule has 6 nitrogen and oxygen atoms in total. The van der Waals surface area contributed by atoms with E-state index in [1.54, 1.807) is 25.1 Å². The molecular formula is C18H19N3O3. The Balaban J connectivity index is 1.79. The third-order valence-corrected chi connectivity index (χ3v) is 4.06. The van der Waals surface area contributed by atoms with Gasteiger partial charge in [0.05, 0.1) is 25.3 Å². The van der Waals surface area contributed by atoms with Gasteiger partial charge in [0.1, 0.15) is 0 Å². The van der Waals surface area contributed by atoms with Gasteiger partial charge >= 0.3 is 0 Å². The number of nitrogens with one attached hydrogen (secondary N) is 1. The topological polar surface area (TPSA) is 71.5 Å². The van der Waals surface area contributed by atoms with Crippen LogP contribution in [0.25, 0.3) is 0 Å². The number of ether oxygens (including phenoxy) is 1. The highest BCUT2D eigenvalue weighted by Crippen LogP contribution is 2.33. The minimum atomic E-state index is -0.467. The average molecular weight is 325 g/mol. The van der Waals surface area contributed by atoms with Crippen LogP contribution in [0.4, 0.5) is 5.69 Å². The van der Waals surface area contributed by atoms with Crippen molar-refractivity contribution in [2.75, 3.05) is 19.5 Å². The van der Waals surface area contributed by atoms with Gasteiger partial charge in [-0.2, -0.15) is 0 Å². The van der Waals surface area contributed by atoms with E-state index in [-0.39, 0.29) is 18.2 Å². The van der Waals surface area contributed by atoms with Gasteiger partial charge in [-0.05, 0) is 17.7 Å². The second-order valence-electron chi connectivity index (χ2n) is 5.76. The number of likely N-dealkylation sites (N-methyl/N-ethyl adjacent to an activating group) is 1. The summed E-state index contributed by atoms with van der Waals surface area (Å²) in [6.45, 7) is 0.357. The molecule has 1 atom stereocenters. The molecule has 0 aliphatic carbocycles. The Morgan fingerprint density at radius 2 is 2.08 bits per heavy atom. The minimum absolute atomic E-state index is 0.0954. The molecule has 0 fully saturated rings. The first-order valence-corrected chi connectivity index (χ1v) is 7.72. The van der Waals surface area contributed by atoms with Crippen molar-refractivity contribution in [3.05, 3.63) is 53.7 Å². The number of amides is 2. The quantitative estimate of drug-likeness (QED) is 0.935. The molecular weight excluding hydrogens is 306 g/mol. The Hall–Kier alpha value is -2.89. The largest absolute Gasteiger partial charge is 0.481 e. The Bertz CT molecular complexity index is 776. The normalized spacial score (nSPS) is 16.1. The van der Waals surface area contributed by atoms with Gasteiger partial charge in [-0.25, -0.2) is 4.98 Å². The molecule has 2 heterocycles. The third-order valence-electron chi connectivity index (χ3n) is 4.06. The van der Waals surface area contributed by atoms with Gasteiger partial charge in [0.2, 0.25) is 17.7 Å². The molecule has 2 aromatic rings. The second-order valence-corrected chi connectivity index (χ2v) is 5.76. The van der Waals surface area contributed by atoms with Crippen molar-refractivity contribution < 1.29 is 14.3 Å². The SMILES string of the molecule is COc1cccc(CN(C)C(=O)C2CC(=O)Nc3ccccc32)n1. The van der Waals surface area contributed by atoms with E-state index < -0.39 is 5.92 Å². The highest BCUT2D eigenvalue weighted by Gasteiger charge is 2.32. The number of benzene rings is 1. The van der Waals surface area contributed by atoms with Crippen LogP contribution in [0.3, 0.4) is 0 Å². The molecule has 124 valence electrons. The zero-order valence-corrected chi connectivity index (χ0v) is 13.7. The van der Waals surface area contributed by atoms with Gasteiger partial charge in [0.15, 0.2) is 0 Å². The van der Waals surface area contributed by atoms with Crippen LogP contribution in [0.15, 0.2) is 42.5 Å². The molecule has 1 unspecified atom stereocenters. The maximum Gasteiger partial charge on any atom is 0.230 e. The molecule has 24 heavy (non-hydrogen) atoms. The van der Waals surface area contributed by atoms with Gasteiger partial charge in [-0.3, -0.25) is 9.59 Å². The number of fused-ring (bicyclic) bond motifs is 1. The Morgan fingerprint density at radius 3 is 2.88 bits per heavy atom. The number of nitrogens with zero attached hydrogens (tertiary/aromatic N) is 2. The van der Waals surface area contributed by atoms with Gasteiger partial charge in [0, 0.05) is 25.2 Å². The van der Waals surface area contributed by atoms with Crippen LogP contribution in [0.2, 0.25) is 0 Å². The molecule has 1 aliphatic rings. The zero-order valence-electron chi connectivity index (χ0n) is 13.7. The summed E-state index contributed by atoms with van der Waals surface area (Å²) in [4.78, 5) is 30.7. The summed E-state index contributed by atoms with van der Waals surface area (Å²) in [6, 6.07) is 12.9. The number of rotatable bonds is 4. The van der Waals surface area contributed by atoms with E-state index in [0.717, 1.165) is 11.3 Å². The second kappa shape index (κ2) is 6.70. The first kappa shape index (κ1) is 16.0. The summed E-state index contributed by atoms with van der Waals surface area (Å²) in [6.07, 6.45) is 0.158. The predicted molar refractivity (Wildman–Crippen MR) is 89.7 cm³/mol. The summed E-state index contributed by atoms with van der Waals surface area (Å²) in [5, 5.41) is 2.81. The third kappa shape index (κ3) is 3.22. The van der Waals surface area contributed by atoms with E-state index in [1.165, 1.54) is 0 Å². The molecule has 6 heteroatoms. The minimum Gasteiger partial charge on any atom is -0.481 e. The number of carbonyl (C=O) groups excluding carboxylic acids is 2. The molecule has 2 amide bonds. The lowest BCUT2D eigenvalue weighted by Crippen LogP contribution is -2.36. The molecule has 3 rings (SSSR count). The molecule has 1 aromatic carbocycles. The number of pyridine rings is 1. The van der Waals surface area contributed by atoms with Crippen LogP contribution in [-0.4, -0.2) is 35.9 Å². The number of carbonyl (C=O) groups is 2. The van der Waals surface area contributed by atoms with Crippen LogP contribution in [0.5, 0.6) is 5.88 Å². The maximum absolute atomic E-state index is 12.9. The lowest BCUT2D eigenvalue weighted by Gasteiger charge is -2.28. The molecule has 1 N–H and O–H groups in total. The monoisotopic (exact) mass is 325 g/mol. The smallest absolute Gasteiger partial charge is 0.230 e. The average Bonchev–Trinajstić information content (AvgIpc) is 2.60. The van der Waals surface area contributed by atoms with Crippen molar-refractivity contribution in [1.82, 2.24) is 9.88 Å². The Kier molecular flexibility index (Phi) is 4.46. The van der Waals surface area contributed by atoms with Crippen molar-refractivity contribution in [3.63, 3.8) is 0 Å². The number of hydrogen-bond acceptors (Lipinski definition) is 4. The molecule has 1 aliphatic heterocycles. The van der Waals surface area contributed by atoms with E-state index in [0.29, 0.717) is 18.1 Å². The van der Waals surface area contributed by atoms with E-state index in [1.807, 2.05) is 36.4 Å². The van der Waals surface area contributed by atoms with Crippen molar-refractivity contribution >= 4 is 17.5 Å². The van der Waals surface area contributed by atoms with Crippen molar-refractivity contribution in [2.45, 2.75) is 18.9 Å². The van der Waals surface area contributed by atoms with Gasteiger partial charge in [0.25, 0.3) is 0 Å². The number of anilines is 1. The molecule has 0 radical (unpaired) electrons. The fraction of sp³-hybridized carbons (Fsp3) is 0.278. The van der Waals surface area contributed by atoms with Crippen molar-refractivity contribution in [2.24, 2.45) is 0 Å². The van der Waals surface area contributed by atoms with Crippen LogP contribution < -0.4 is 10.1 Å².